The van der Waals surface area contributed by atoms with Gasteiger partial charge in [-0.3, -0.25) is 4.57 Å². The maximum absolute atomic E-state index is 12.1. The Bertz CT molecular complexity index is 385. The van der Waals surface area contributed by atoms with Crippen molar-refractivity contribution < 1.29 is 9.46 Å². The maximum Gasteiger partial charge on any atom is 0.203 e. The topological polar surface area (TPSA) is 49.3 Å². The van der Waals surface area contributed by atoms with Crippen molar-refractivity contribution in [1.29, 1.82) is 0 Å². The Hall–Kier alpha value is 0.150. The molecule has 0 aromatic carbocycles. The van der Waals surface area contributed by atoms with E-state index in [1.54, 1.807) is 0 Å². The summed E-state index contributed by atoms with van der Waals surface area (Å²) in [5.74, 6) is 0. The minimum absolute atomic E-state index is 0.135. The number of hydrogen-bond acceptors (Lipinski definition) is 2. The van der Waals surface area contributed by atoms with Crippen LogP contribution in [0.2, 0.25) is 0 Å². The van der Waals surface area contributed by atoms with Gasteiger partial charge in [-0.25, -0.2) is 0 Å². The molecule has 2 N–H and O–H groups in total. The minimum Gasteiger partial charge on any atom is -0.344 e. The standard InChI is InChI=1S/C23H48NO2P/c1-3-4-5-6-7-8-9-10-11-12-13-14-15-16-17-22(24-2)20-21-27(25,26)23-18-19-23/h22-24H,3-21H2,1-2H3,(H,25,26)/t22-/m1/s1. The lowest BCUT2D eigenvalue weighted by Gasteiger charge is -2.18. The molecule has 3 nitrogen and oxygen atoms in total. The SMILES string of the molecule is CCCCCCCCCCCCCCCC[C@H](CCP(=O)(O)C1CC1)NC. The number of hydrogen-bond donors (Lipinski definition) is 2. The van der Waals surface area contributed by atoms with E-state index in [2.05, 4.69) is 12.2 Å². The van der Waals surface area contributed by atoms with Crippen LogP contribution >= 0.6 is 7.37 Å². The van der Waals surface area contributed by atoms with E-state index < -0.39 is 7.37 Å². The van der Waals surface area contributed by atoms with Gasteiger partial charge in [0.05, 0.1) is 0 Å². The van der Waals surface area contributed by atoms with E-state index in [1.807, 2.05) is 7.05 Å². The van der Waals surface area contributed by atoms with Crippen LogP contribution in [-0.2, 0) is 4.57 Å². The van der Waals surface area contributed by atoms with Crippen molar-refractivity contribution in [3.8, 4) is 0 Å². The van der Waals surface area contributed by atoms with Crippen molar-refractivity contribution in [1.82, 2.24) is 5.32 Å². The van der Waals surface area contributed by atoms with Crippen molar-refractivity contribution in [2.75, 3.05) is 13.2 Å². The molecule has 2 atom stereocenters. The fraction of sp³-hybridized carbons (Fsp3) is 1.00. The van der Waals surface area contributed by atoms with Gasteiger partial charge in [0, 0.05) is 17.9 Å². The summed E-state index contributed by atoms with van der Waals surface area (Å²) < 4.78 is 12.1. The highest BCUT2D eigenvalue weighted by Crippen LogP contribution is 2.57. The first-order valence-electron chi connectivity index (χ1n) is 12.1. The third-order valence-corrected chi connectivity index (χ3v) is 8.79. The third-order valence-electron chi connectivity index (χ3n) is 6.23. The van der Waals surface area contributed by atoms with E-state index in [0.29, 0.717) is 12.2 Å². The average molecular weight is 402 g/mol. The van der Waals surface area contributed by atoms with E-state index in [4.69, 9.17) is 0 Å². The molecule has 1 aliphatic rings. The summed E-state index contributed by atoms with van der Waals surface area (Å²) in [6.07, 6.45) is 24.0. The molecule has 1 rings (SSSR count). The second-order valence-corrected chi connectivity index (χ2v) is 11.6. The van der Waals surface area contributed by atoms with E-state index in [-0.39, 0.29) is 5.66 Å². The normalized spacial score (nSPS) is 17.7. The van der Waals surface area contributed by atoms with Gasteiger partial charge in [-0.1, -0.05) is 96.8 Å². The molecule has 0 saturated heterocycles. The lowest BCUT2D eigenvalue weighted by molar-refractivity contribution is 0.445. The molecule has 1 aliphatic carbocycles. The van der Waals surface area contributed by atoms with Crippen LogP contribution in [0.15, 0.2) is 0 Å². The van der Waals surface area contributed by atoms with Crippen LogP contribution in [0, 0.1) is 0 Å². The molecule has 0 aromatic heterocycles. The molecule has 0 radical (unpaired) electrons. The Kier molecular flexibility index (Phi) is 14.9. The van der Waals surface area contributed by atoms with Crippen LogP contribution in [-0.4, -0.2) is 29.8 Å². The van der Waals surface area contributed by atoms with Crippen LogP contribution < -0.4 is 5.32 Å². The first-order valence-corrected chi connectivity index (χ1v) is 14.0. The predicted octanol–water partition coefficient (Wildman–Crippen LogP) is 7.27. The molecular weight excluding hydrogens is 353 g/mol. The van der Waals surface area contributed by atoms with Crippen LogP contribution in [0.25, 0.3) is 0 Å². The first kappa shape index (κ1) is 25.2. The summed E-state index contributed by atoms with van der Waals surface area (Å²) in [6, 6.07) is 0.418. The molecule has 1 unspecified atom stereocenters. The first-order chi connectivity index (χ1) is 13.1. The van der Waals surface area contributed by atoms with Gasteiger partial charge in [-0.2, -0.15) is 0 Å². The Labute approximate surface area is 169 Å². The van der Waals surface area contributed by atoms with Gasteiger partial charge >= 0.3 is 0 Å². The van der Waals surface area contributed by atoms with Crippen LogP contribution in [0.3, 0.4) is 0 Å². The second-order valence-electron chi connectivity index (χ2n) is 8.87. The van der Waals surface area contributed by atoms with Crippen molar-refractivity contribution in [3.05, 3.63) is 0 Å². The zero-order chi connectivity index (χ0) is 19.8. The van der Waals surface area contributed by atoms with Gasteiger partial charge in [0.1, 0.15) is 0 Å². The lowest BCUT2D eigenvalue weighted by atomic mass is 10.0. The smallest absolute Gasteiger partial charge is 0.203 e. The Morgan fingerprint density at radius 1 is 0.815 bits per heavy atom. The molecule has 0 spiro atoms. The van der Waals surface area contributed by atoms with E-state index >= 15 is 0 Å². The monoisotopic (exact) mass is 401 g/mol. The van der Waals surface area contributed by atoms with Gasteiger partial charge in [0.15, 0.2) is 0 Å². The predicted molar refractivity (Wildman–Crippen MR) is 120 cm³/mol. The molecule has 0 heterocycles. The van der Waals surface area contributed by atoms with Crippen molar-refractivity contribution in [2.24, 2.45) is 0 Å². The van der Waals surface area contributed by atoms with Crippen molar-refractivity contribution in [2.45, 2.75) is 134 Å². The molecule has 0 bridgehead atoms. The number of unbranched alkanes of at least 4 members (excludes halogenated alkanes) is 13. The molecule has 27 heavy (non-hydrogen) atoms. The third kappa shape index (κ3) is 13.9. The van der Waals surface area contributed by atoms with Gasteiger partial charge in [-0.05, 0) is 32.7 Å². The van der Waals surface area contributed by atoms with Crippen LogP contribution in [0.5, 0.6) is 0 Å². The van der Waals surface area contributed by atoms with Crippen LogP contribution in [0.1, 0.15) is 122 Å². The van der Waals surface area contributed by atoms with Gasteiger partial charge in [0.25, 0.3) is 0 Å². The Morgan fingerprint density at radius 3 is 1.67 bits per heavy atom. The number of nitrogens with one attached hydrogen (secondary N) is 1. The molecule has 0 amide bonds. The van der Waals surface area contributed by atoms with Crippen molar-refractivity contribution >= 4 is 7.37 Å². The number of rotatable bonds is 20. The molecule has 4 heteroatoms. The summed E-state index contributed by atoms with van der Waals surface area (Å²) >= 11 is 0. The Morgan fingerprint density at radius 2 is 1.26 bits per heavy atom. The molecular formula is C23H48NO2P. The second kappa shape index (κ2) is 16.0. The van der Waals surface area contributed by atoms with Crippen LogP contribution in [0.4, 0.5) is 0 Å². The zero-order valence-electron chi connectivity index (χ0n) is 18.4. The van der Waals surface area contributed by atoms with Gasteiger partial charge in [-0.15, -0.1) is 0 Å². The van der Waals surface area contributed by atoms with Gasteiger partial charge < -0.3 is 10.2 Å². The zero-order valence-corrected chi connectivity index (χ0v) is 19.3. The quantitative estimate of drug-likeness (QED) is 0.167. The summed E-state index contributed by atoms with van der Waals surface area (Å²) in [4.78, 5) is 10.0. The molecule has 1 fully saturated rings. The average Bonchev–Trinajstić information content (AvgIpc) is 3.50. The van der Waals surface area contributed by atoms with E-state index in [0.717, 1.165) is 25.7 Å². The summed E-state index contributed by atoms with van der Waals surface area (Å²) in [6.45, 7) is 2.28. The largest absolute Gasteiger partial charge is 0.344 e. The summed E-state index contributed by atoms with van der Waals surface area (Å²) in [7, 11) is -0.840. The Balaban J connectivity index is 1.83. The van der Waals surface area contributed by atoms with E-state index in [9.17, 15) is 9.46 Å². The van der Waals surface area contributed by atoms with E-state index in [1.165, 1.54) is 89.9 Å². The van der Waals surface area contributed by atoms with Crippen molar-refractivity contribution in [3.63, 3.8) is 0 Å². The van der Waals surface area contributed by atoms with Gasteiger partial charge in [0.2, 0.25) is 7.37 Å². The summed E-state index contributed by atoms with van der Waals surface area (Å²) in [5, 5.41) is 3.35. The molecule has 0 aliphatic heterocycles. The molecule has 1 saturated carbocycles. The summed E-state index contributed by atoms with van der Waals surface area (Å²) in [5.41, 5.74) is 0.135. The fourth-order valence-electron chi connectivity index (χ4n) is 4.02. The highest BCUT2D eigenvalue weighted by atomic mass is 31.2. The molecule has 162 valence electrons. The fourth-order valence-corrected chi connectivity index (χ4v) is 6.02. The highest BCUT2D eigenvalue weighted by Gasteiger charge is 2.39. The lowest BCUT2D eigenvalue weighted by Crippen LogP contribution is -2.26. The minimum atomic E-state index is -2.83. The molecule has 0 aromatic rings. The maximum atomic E-state index is 12.1. The highest BCUT2D eigenvalue weighted by molar-refractivity contribution is 7.59.